The third-order valence-electron chi connectivity index (χ3n) is 3.37. The van der Waals surface area contributed by atoms with E-state index in [1.807, 2.05) is 0 Å². The van der Waals surface area contributed by atoms with Crippen LogP contribution in [0.15, 0.2) is 16.8 Å². The van der Waals surface area contributed by atoms with Gasteiger partial charge in [0.1, 0.15) is 0 Å². The number of carboxylic acid groups (broad SMARTS) is 1. The minimum Gasteiger partial charge on any atom is -0.481 e. The summed E-state index contributed by atoms with van der Waals surface area (Å²) < 4.78 is 0. The molecule has 1 fully saturated rings. The molecule has 4 heteroatoms. The molecular formula is C14H21NO2S. The molecular weight excluding hydrogens is 246 g/mol. The van der Waals surface area contributed by atoms with Crippen molar-refractivity contribution in [2.24, 2.45) is 0 Å². The molecule has 100 valence electrons. The number of carboxylic acids is 1. The van der Waals surface area contributed by atoms with Crippen LogP contribution in [0.25, 0.3) is 0 Å². The van der Waals surface area contributed by atoms with E-state index in [0.29, 0.717) is 6.42 Å². The van der Waals surface area contributed by atoms with Crippen LogP contribution in [-0.2, 0) is 11.3 Å². The lowest BCUT2D eigenvalue weighted by Gasteiger charge is -2.21. The summed E-state index contributed by atoms with van der Waals surface area (Å²) in [6.45, 7) is 2.17. The normalized spacial score (nSPS) is 15.2. The van der Waals surface area contributed by atoms with Crippen LogP contribution < -0.4 is 0 Å². The van der Waals surface area contributed by atoms with Gasteiger partial charge in [0.05, 0.1) is 0 Å². The summed E-state index contributed by atoms with van der Waals surface area (Å²) in [5.41, 5.74) is 1.41. The van der Waals surface area contributed by atoms with Crippen molar-refractivity contribution in [1.82, 2.24) is 4.90 Å². The maximum Gasteiger partial charge on any atom is 0.303 e. The van der Waals surface area contributed by atoms with Gasteiger partial charge in [-0.2, -0.15) is 11.3 Å². The van der Waals surface area contributed by atoms with Gasteiger partial charge in [-0.3, -0.25) is 9.69 Å². The van der Waals surface area contributed by atoms with E-state index >= 15 is 0 Å². The largest absolute Gasteiger partial charge is 0.481 e. The number of aliphatic carboxylic acids is 1. The van der Waals surface area contributed by atoms with Gasteiger partial charge in [-0.15, -0.1) is 0 Å². The molecule has 0 unspecified atom stereocenters. The number of carbonyl (C=O) groups is 1. The monoisotopic (exact) mass is 267 g/mol. The molecule has 0 bridgehead atoms. The highest BCUT2D eigenvalue weighted by molar-refractivity contribution is 7.07. The quantitative estimate of drug-likeness (QED) is 0.697. The van der Waals surface area contributed by atoms with Crippen molar-refractivity contribution in [3.8, 4) is 0 Å². The molecule has 0 atom stereocenters. The van der Waals surface area contributed by atoms with Crippen LogP contribution in [0.4, 0.5) is 0 Å². The van der Waals surface area contributed by atoms with Crippen LogP contribution >= 0.6 is 11.3 Å². The Morgan fingerprint density at radius 2 is 2.22 bits per heavy atom. The van der Waals surface area contributed by atoms with Crippen LogP contribution in [0.2, 0.25) is 0 Å². The Morgan fingerprint density at radius 3 is 2.83 bits per heavy atom. The lowest BCUT2D eigenvalue weighted by Crippen LogP contribution is -2.26. The highest BCUT2D eigenvalue weighted by Gasteiger charge is 2.28. The Balaban J connectivity index is 1.65. The molecule has 0 spiro atoms. The van der Waals surface area contributed by atoms with E-state index in [1.54, 1.807) is 11.3 Å². The Bertz CT molecular complexity index is 360. The third kappa shape index (κ3) is 4.78. The van der Waals surface area contributed by atoms with E-state index in [4.69, 9.17) is 5.11 Å². The fraction of sp³-hybridized carbons (Fsp3) is 0.643. The third-order valence-corrected chi connectivity index (χ3v) is 4.10. The Kier molecular flexibility index (Phi) is 5.20. The zero-order valence-electron chi connectivity index (χ0n) is 10.7. The molecule has 0 saturated heterocycles. The van der Waals surface area contributed by atoms with E-state index in [-0.39, 0.29) is 0 Å². The number of thiophene rings is 1. The van der Waals surface area contributed by atoms with Gasteiger partial charge < -0.3 is 5.11 Å². The van der Waals surface area contributed by atoms with Gasteiger partial charge in [0.2, 0.25) is 0 Å². The maximum absolute atomic E-state index is 10.4. The first-order valence-electron chi connectivity index (χ1n) is 6.72. The van der Waals surface area contributed by atoms with Crippen molar-refractivity contribution in [2.45, 2.75) is 51.1 Å². The predicted octanol–water partition coefficient (Wildman–Crippen LogP) is 3.36. The summed E-state index contributed by atoms with van der Waals surface area (Å²) in [6.07, 6.45) is 5.94. The molecule has 1 aliphatic rings. The zero-order chi connectivity index (χ0) is 12.8. The van der Waals surface area contributed by atoms with E-state index < -0.39 is 5.97 Å². The number of rotatable bonds is 9. The topological polar surface area (TPSA) is 40.5 Å². The van der Waals surface area contributed by atoms with E-state index in [2.05, 4.69) is 21.7 Å². The van der Waals surface area contributed by atoms with Gasteiger partial charge in [0, 0.05) is 19.0 Å². The first-order valence-corrected chi connectivity index (χ1v) is 7.67. The van der Waals surface area contributed by atoms with E-state index in [0.717, 1.165) is 38.4 Å². The number of hydrogen-bond donors (Lipinski definition) is 1. The Morgan fingerprint density at radius 1 is 1.39 bits per heavy atom. The highest BCUT2D eigenvalue weighted by Crippen LogP contribution is 2.29. The molecule has 0 amide bonds. The second-order valence-electron chi connectivity index (χ2n) is 5.04. The molecule has 3 nitrogen and oxygen atoms in total. The molecule has 1 aliphatic carbocycles. The molecule has 1 aromatic rings. The minimum absolute atomic E-state index is 0.313. The summed E-state index contributed by atoms with van der Waals surface area (Å²) in [4.78, 5) is 13.0. The summed E-state index contributed by atoms with van der Waals surface area (Å²) in [7, 11) is 0. The summed E-state index contributed by atoms with van der Waals surface area (Å²) in [5, 5.41) is 12.9. The van der Waals surface area contributed by atoms with Crippen LogP contribution in [0, 0.1) is 0 Å². The first-order chi connectivity index (χ1) is 8.75. The first kappa shape index (κ1) is 13.6. The van der Waals surface area contributed by atoms with E-state index in [1.165, 1.54) is 18.4 Å². The fourth-order valence-electron chi connectivity index (χ4n) is 2.22. The van der Waals surface area contributed by atoms with Crippen LogP contribution in [-0.4, -0.2) is 28.6 Å². The lowest BCUT2D eigenvalue weighted by molar-refractivity contribution is -0.137. The van der Waals surface area contributed by atoms with Crippen molar-refractivity contribution in [3.63, 3.8) is 0 Å². The van der Waals surface area contributed by atoms with Crippen molar-refractivity contribution < 1.29 is 9.90 Å². The SMILES string of the molecule is O=C(O)CCCCCN(Cc1ccsc1)C1CC1. The molecule has 2 rings (SSSR count). The van der Waals surface area contributed by atoms with Gasteiger partial charge in [0.25, 0.3) is 0 Å². The number of hydrogen-bond acceptors (Lipinski definition) is 3. The predicted molar refractivity (Wildman–Crippen MR) is 73.9 cm³/mol. The van der Waals surface area contributed by atoms with Crippen LogP contribution in [0.5, 0.6) is 0 Å². The minimum atomic E-state index is -0.674. The van der Waals surface area contributed by atoms with Gasteiger partial charge in [-0.05, 0) is 54.6 Å². The lowest BCUT2D eigenvalue weighted by atomic mass is 10.2. The summed E-state index contributed by atoms with van der Waals surface area (Å²) in [5.74, 6) is -0.674. The second-order valence-corrected chi connectivity index (χ2v) is 5.82. The summed E-state index contributed by atoms with van der Waals surface area (Å²) >= 11 is 1.76. The molecule has 18 heavy (non-hydrogen) atoms. The Labute approximate surface area is 112 Å². The smallest absolute Gasteiger partial charge is 0.303 e. The molecule has 0 aromatic carbocycles. The average molecular weight is 267 g/mol. The van der Waals surface area contributed by atoms with Crippen molar-refractivity contribution in [1.29, 1.82) is 0 Å². The van der Waals surface area contributed by atoms with Gasteiger partial charge in [-0.1, -0.05) is 6.42 Å². The molecule has 0 aliphatic heterocycles. The second kappa shape index (κ2) is 6.90. The zero-order valence-corrected chi connectivity index (χ0v) is 11.5. The molecule has 1 N–H and O–H groups in total. The number of nitrogens with zero attached hydrogens (tertiary/aromatic N) is 1. The van der Waals surface area contributed by atoms with Gasteiger partial charge >= 0.3 is 5.97 Å². The molecule has 1 aromatic heterocycles. The van der Waals surface area contributed by atoms with Crippen molar-refractivity contribution in [3.05, 3.63) is 22.4 Å². The van der Waals surface area contributed by atoms with Crippen molar-refractivity contribution >= 4 is 17.3 Å². The average Bonchev–Trinajstić information content (AvgIpc) is 3.05. The Hall–Kier alpha value is -0.870. The molecule has 1 heterocycles. The standard InChI is InChI=1S/C14H21NO2S/c16-14(17)4-2-1-3-8-15(13-5-6-13)10-12-7-9-18-11-12/h7,9,11,13H,1-6,8,10H2,(H,16,17). The van der Waals surface area contributed by atoms with Crippen LogP contribution in [0.1, 0.15) is 44.1 Å². The van der Waals surface area contributed by atoms with Gasteiger partial charge in [0.15, 0.2) is 0 Å². The van der Waals surface area contributed by atoms with Crippen LogP contribution in [0.3, 0.4) is 0 Å². The molecule has 0 radical (unpaired) electrons. The maximum atomic E-state index is 10.4. The molecule has 1 saturated carbocycles. The number of unbranched alkanes of at least 4 members (excludes halogenated alkanes) is 2. The van der Waals surface area contributed by atoms with E-state index in [9.17, 15) is 4.79 Å². The van der Waals surface area contributed by atoms with Crippen molar-refractivity contribution in [2.75, 3.05) is 6.54 Å². The fourth-order valence-corrected chi connectivity index (χ4v) is 2.88. The highest BCUT2D eigenvalue weighted by atomic mass is 32.1. The summed E-state index contributed by atoms with van der Waals surface area (Å²) in [6, 6.07) is 2.98. The van der Waals surface area contributed by atoms with Gasteiger partial charge in [-0.25, -0.2) is 0 Å².